The van der Waals surface area contributed by atoms with Crippen LogP contribution in [0.2, 0.25) is 13.1 Å². The minimum absolute atomic E-state index is 0.0179. The number of hydrogen-bond acceptors (Lipinski definition) is 3. The molecule has 0 bridgehead atoms. The molecule has 25 heavy (non-hydrogen) atoms. The van der Waals surface area contributed by atoms with Gasteiger partial charge in [0.15, 0.2) is 0 Å². The maximum Gasteiger partial charge on any atom is 0.409 e. The quantitative estimate of drug-likeness (QED) is 0.701. The van der Waals surface area contributed by atoms with Crippen LogP contribution in [-0.2, 0) is 0 Å². The minimum atomic E-state index is -1.82. The molecule has 124 valence electrons. The summed E-state index contributed by atoms with van der Waals surface area (Å²) < 4.78 is 1.40. The Morgan fingerprint density at radius 2 is 1.64 bits per heavy atom. The number of nitrogens with one attached hydrogen (secondary N) is 2. The summed E-state index contributed by atoms with van der Waals surface area (Å²) in [5.41, 5.74) is 2.79. The first-order valence-electron chi connectivity index (χ1n) is 8.37. The van der Waals surface area contributed by atoms with Crippen LogP contribution < -0.4 is 25.6 Å². The number of rotatable bonds is 3. The highest BCUT2D eigenvalue weighted by atomic mass is 32.1. The smallest absolute Gasteiger partial charge is 0.405 e. The van der Waals surface area contributed by atoms with Crippen molar-refractivity contribution in [3.05, 3.63) is 71.6 Å². The summed E-state index contributed by atoms with van der Waals surface area (Å²) >= 11 is 1.80. The summed E-state index contributed by atoms with van der Waals surface area (Å²) in [6, 6.07) is 20.5. The molecule has 0 saturated heterocycles. The molecular weight excluding hydrogens is 343 g/mol. The van der Waals surface area contributed by atoms with Crippen molar-refractivity contribution >= 4 is 53.1 Å². The molecule has 3 nitrogen and oxygen atoms in total. The molecule has 2 aromatic carbocycles. The molecule has 0 aliphatic carbocycles. The summed E-state index contributed by atoms with van der Waals surface area (Å²) in [4.78, 5) is 12.5. The van der Waals surface area contributed by atoms with Crippen LogP contribution in [0.15, 0.2) is 66.0 Å². The number of benzene rings is 2. The van der Waals surface area contributed by atoms with Crippen LogP contribution in [0.4, 0.5) is 5.69 Å². The summed E-state index contributed by atoms with van der Waals surface area (Å²) in [5.74, 6) is -0.0179. The zero-order chi connectivity index (χ0) is 17.4. The average molecular weight is 362 g/mol. The van der Waals surface area contributed by atoms with Crippen LogP contribution >= 0.6 is 11.3 Å². The normalized spacial score (nSPS) is 13.8. The average Bonchev–Trinajstić information content (AvgIpc) is 3.13. The maximum atomic E-state index is 12.5. The Hall–Kier alpha value is -2.31. The van der Waals surface area contributed by atoms with Crippen LogP contribution in [0.25, 0.3) is 0 Å². The fourth-order valence-corrected chi connectivity index (χ4v) is 8.05. The number of fused-ring (bicyclic) bond motifs is 1. The molecule has 1 aromatic heterocycles. The highest BCUT2D eigenvalue weighted by Gasteiger charge is 2.36. The molecule has 3 aromatic rings. The molecule has 1 amide bonds. The van der Waals surface area contributed by atoms with Crippen LogP contribution in [0.3, 0.4) is 0 Å². The number of thiophene rings is 1. The lowest BCUT2D eigenvalue weighted by Crippen LogP contribution is -2.66. The Kier molecular flexibility index (Phi) is 4.01. The van der Waals surface area contributed by atoms with Gasteiger partial charge in [0.2, 0.25) is 5.91 Å². The van der Waals surface area contributed by atoms with Gasteiger partial charge >= 0.3 is 6.98 Å². The van der Waals surface area contributed by atoms with Crippen LogP contribution in [-0.4, -0.2) is 21.0 Å². The summed E-state index contributed by atoms with van der Waals surface area (Å²) in [5, 5.41) is 10.1. The topological polar surface area (TPSA) is 41.1 Å². The van der Waals surface area contributed by atoms with Crippen LogP contribution in [0, 0.1) is 0 Å². The van der Waals surface area contributed by atoms with E-state index in [9.17, 15) is 4.79 Å². The molecule has 0 spiro atoms. The standard InChI is InChI=1S/C19H19BN2OSSi/c1-25(2,14-8-4-3-5-9-14)19-16(12-13-24-19)20-21-17-11-7-6-10-15(17)18(23)22-20/h3-13,21H,1-2H3,(H,22,23). The molecule has 0 fully saturated rings. The minimum Gasteiger partial charge on any atom is -0.405 e. The van der Waals surface area contributed by atoms with Crippen molar-refractivity contribution in [2.75, 3.05) is 5.23 Å². The maximum absolute atomic E-state index is 12.5. The van der Waals surface area contributed by atoms with Gasteiger partial charge in [0.05, 0.1) is 5.56 Å². The third-order valence-corrected chi connectivity index (χ3v) is 10.6. The Labute approximate surface area is 153 Å². The van der Waals surface area contributed by atoms with E-state index in [4.69, 9.17) is 0 Å². The number of hydrogen-bond donors (Lipinski definition) is 2. The molecule has 0 atom stereocenters. The second-order valence-electron chi connectivity index (χ2n) is 6.79. The second-order valence-corrected chi connectivity index (χ2v) is 12.4. The molecular formula is C19H19BN2OSSi. The summed E-state index contributed by atoms with van der Waals surface area (Å²) in [7, 11) is -1.82. The summed E-state index contributed by atoms with van der Waals surface area (Å²) in [6.45, 7) is 4.56. The lowest BCUT2D eigenvalue weighted by molar-refractivity contribution is 0.0979. The summed E-state index contributed by atoms with van der Waals surface area (Å²) in [6.07, 6.45) is 0. The van der Waals surface area contributed by atoms with Crippen molar-refractivity contribution < 1.29 is 4.79 Å². The number of anilines is 1. The zero-order valence-corrected chi connectivity index (χ0v) is 16.1. The van der Waals surface area contributed by atoms with Gasteiger partial charge in [-0.3, -0.25) is 4.79 Å². The van der Waals surface area contributed by atoms with Gasteiger partial charge in [-0.05, 0) is 27.5 Å². The van der Waals surface area contributed by atoms with E-state index in [1.54, 1.807) is 11.3 Å². The van der Waals surface area contributed by atoms with Crippen molar-refractivity contribution in [3.63, 3.8) is 0 Å². The molecule has 4 rings (SSSR count). The van der Waals surface area contributed by atoms with E-state index in [1.165, 1.54) is 15.1 Å². The largest absolute Gasteiger partial charge is 0.409 e. The van der Waals surface area contributed by atoms with Gasteiger partial charge < -0.3 is 10.5 Å². The first-order chi connectivity index (χ1) is 12.1. The van der Waals surface area contributed by atoms with Crippen molar-refractivity contribution in [2.24, 2.45) is 0 Å². The lowest BCUT2D eigenvalue weighted by atomic mass is 9.67. The van der Waals surface area contributed by atoms with E-state index >= 15 is 0 Å². The van der Waals surface area contributed by atoms with E-state index < -0.39 is 8.07 Å². The predicted octanol–water partition coefficient (Wildman–Crippen LogP) is 2.12. The molecule has 2 heterocycles. The molecule has 0 unspecified atom stereocenters. The SMILES string of the molecule is C[Si](C)(c1ccccc1)c1sccc1B1NC(=O)c2ccccc2N1. The molecule has 1 aliphatic heterocycles. The monoisotopic (exact) mass is 362 g/mol. The molecule has 0 radical (unpaired) electrons. The van der Waals surface area contributed by atoms with Gasteiger partial charge in [-0.15, -0.1) is 0 Å². The van der Waals surface area contributed by atoms with E-state index in [2.05, 4.69) is 65.3 Å². The van der Waals surface area contributed by atoms with E-state index in [1.807, 2.05) is 24.3 Å². The number of carbonyl (C=O) groups excluding carboxylic acids is 1. The lowest BCUT2D eigenvalue weighted by Gasteiger charge is -2.29. The highest BCUT2D eigenvalue weighted by molar-refractivity contribution is 7.30. The van der Waals surface area contributed by atoms with Gasteiger partial charge in [0, 0.05) is 5.69 Å². The van der Waals surface area contributed by atoms with Gasteiger partial charge in [-0.25, -0.2) is 0 Å². The number of amides is 1. The fraction of sp³-hybridized carbons (Fsp3) is 0.105. The highest BCUT2D eigenvalue weighted by Crippen LogP contribution is 2.19. The van der Waals surface area contributed by atoms with Crippen molar-refractivity contribution in [2.45, 2.75) is 13.1 Å². The van der Waals surface area contributed by atoms with E-state index in [-0.39, 0.29) is 12.9 Å². The number of carbonyl (C=O) groups is 1. The fourth-order valence-electron chi connectivity index (χ4n) is 3.40. The Morgan fingerprint density at radius 3 is 2.44 bits per heavy atom. The molecule has 0 saturated carbocycles. The first kappa shape index (κ1) is 16.2. The molecule has 6 heteroatoms. The van der Waals surface area contributed by atoms with Crippen molar-refractivity contribution in [1.29, 1.82) is 0 Å². The second kappa shape index (κ2) is 6.20. The van der Waals surface area contributed by atoms with Crippen LogP contribution in [0.1, 0.15) is 10.4 Å². The third kappa shape index (κ3) is 2.81. The van der Waals surface area contributed by atoms with E-state index in [0.717, 1.165) is 5.69 Å². The third-order valence-electron chi connectivity index (χ3n) is 4.82. The van der Waals surface area contributed by atoms with Gasteiger partial charge in [-0.2, -0.15) is 11.3 Å². The van der Waals surface area contributed by atoms with Crippen LogP contribution in [0.5, 0.6) is 0 Å². The zero-order valence-electron chi connectivity index (χ0n) is 14.2. The van der Waals surface area contributed by atoms with Crippen molar-refractivity contribution in [1.82, 2.24) is 5.23 Å². The molecule has 2 N–H and O–H groups in total. The van der Waals surface area contributed by atoms with Gasteiger partial charge in [0.1, 0.15) is 8.07 Å². The predicted molar refractivity (Wildman–Crippen MR) is 110 cm³/mol. The Bertz CT molecular complexity index is 926. The Balaban J connectivity index is 1.73. The Morgan fingerprint density at radius 1 is 0.920 bits per heavy atom. The van der Waals surface area contributed by atoms with Crippen molar-refractivity contribution in [3.8, 4) is 0 Å². The molecule has 1 aliphatic rings. The van der Waals surface area contributed by atoms with Gasteiger partial charge in [-0.1, -0.05) is 66.8 Å². The first-order valence-corrected chi connectivity index (χ1v) is 12.2. The van der Waals surface area contributed by atoms with Gasteiger partial charge in [0.25, 0.3) is 0 Å². The number of para-hydroxylation sites is 1. The van der Waals surface area contributed by atoms with E-state index in [0.29, 0.717) is 5.56 Å².